The van der Waals surface area contributed by atoms with Gasteiger partial charge in [-0.25, -0.2) is 13.6 Å². The van der Waals surface area contributed by atoms with Crippen molar-refractivity contribution in [3.8, 4) is 0 Å². The molecule has 7 heteroatoms. The van der Waals surface area contributed by atoms with Crippen molar-refractivity contribution in [1.29, 1.82) is 0 Å². The van der Waals surface area contributed by atoms with Crippen molar-refractivity contribution in [2.45, 2.75) is 19.0 Å². The molecule has 0 bridgehead atoms. The lowest BCUT2D eigenvalue weighted by molar-refractivity contribution is 0.00482. The fraction of sp³-hybridized carbons (Fsp3) is 0.417. The van der Waals surface area contributed by atoms with Crippen molar-refractivity contribution in [3.05, 3.63) is 34.2 Å². The summed E-state index contributed by atoms with van der Waals surface area (Å²) in [5, 5.41) is 9.88. The van der Waals surface area contributed by atoms with Gasteiger partial charge in [-0.3, -0.25) is 0 Å². The summed E-state index contributed by atoms with van der Waals surface area (Å²) in [7, 11) is 0. The molecule has 1 aromatic carbocycles. The summed E-state index contributed by atoms with van der Waals surface area (Å²) in [6.07, 6.45) is -3.11. The number of halogens is 2. The van der Waals surface area contributed by atoms with Crippen molar-refractivity contribution in [2.75, 3.05) is 13.2 Å². The smallest absolute Gasteiger partial charge is 0.323 e. The van der Waals surface area contributed by atoms with Crippen molar-refractivity contribution in [2.24, 2.45) is 0 Å². The molecule has 0 aliphatic rings. The van der Waals surface area contributed by atoms with Crippen LogP contribution in [-0.2, 0) is 4.74 Å². The molecule has 0 saturated heterocycles. The Bertz CT molecular complexity index is 594. The predicted molar refractivity (Wildman–Crippen MR) is 65.3 cm³/mol. The van der Waals surface area contributed by atoms with Crippen LogP contribution in [-0.4, -0.2) is 34.7 Å². The molecule has 0 amide bonds. The maximum Gasteiger partial charge on any atom is 0.323 e. The number of aromatic amines is 2. The van der Waals surface area contributed by atoms with Crippen molar-refractivity contribution < 1.29 is 18.6 Å². The molecule has 1 unspecified atom stereocenters. The molecule has 0 aliphatic heterocycles. The second-order valence-electron chi connectivity index (χ2n) is 4.15. The van der Waals surface area contributed by atoms with Gasteiger partial charge in [0.15, 0.2) is 0 Å². The van der Waals surface area contributed by atoms with E-state index in [4.69, 9.17) is 4.74 Å². The van der Waals surface area contributed by atoms with Crippen LogP contribution >= 0.6 is 0 Å². The molecule has 0 radical (unpaired) electrons. The number of aliphatic hydroxyl groups excluding tert-OH is 1. The van der Waals surface area contributed by atoms with Crippen LogP contribution in [0.3, 0.4) is 0 Å². The van der Waals surface area contributed by atoms with Gasteiger partial charge in [0, 0.05) is 13.0 Å². The van der Waals surface area contributed by atoms with Gasteiger partial charge in [0.1, 0.15) is 6.61 Å². The highest BCUT2D eigenvalue weighted by Gasteiger charge is 2.10. The Labute approximate surface area is 107 Å². The summed E-state index contributed by atoms with van der Waals surface area (Å²) >= 11 is 0. The number of aromatic nitrogens is 2. The molecule has 1 atom stereocenters. The van der Waals surface area contributed by atoms with Crippen LogP contribution in [0.15, 0.2) is 23.0 Å². The maximum absolute atomic E-state index is 11.8. The van der Waals surface area contributed by atoms with Gasteiger partial charge < -0.3 is 19.8 Å². The van der Waals surface area contributed by atoms with Gasteiger partial charge in [-0.2, -0.15) is 0 Å². The summed E-state index contributed by atoms with van der Waals surface area (Å²) in [6, 6.07) is 4.99. The largest absolute Gasteiger partial charge is 0.388 e. The van der Waals surface area contributed by atoms with Gasteiger partial charge in [-0.1, -0.05) is 6.07 Å². The minimum absolute atomic E-state index is 0.0488. The van der Waals surface area contributed by atoms with Crippen molar-refractivity contribution in [3.63, 3.8) is 0 Å². The number of rotatable bonds is 6. The predicted octanol–water partition coefficient (Wildman–Crippen LogP) is 1.56. The topological polar surface area (TPSA) is 78.1 Å². The number of hydrogen-bond acceptors (Lipinski definition) is 3. The Morgan fingerprint density at radius 2 is 2.00 bits per heavy atom. The molecule has 1 heterocycles. The molecule has 0 fully saturated rings. The first-order valence-electron chi connectivity index (χ1n) is 5.82. The zero-order chi connectivity index (χ0) is 13.8. The minimum atomic E-state index is -2.50. The van der Waals surface area contributed by atoms with E-state index in [9.17, 15) is 18.7 Å². The molecular formula is C12H14F2N2O3. The van der Waals surface area contributed by atoms with Crippen LogP contribution in [0, 0.1) is 0 Å². The monoisotopic (exact) mass is 272 g/mol. The Balaban J connectivity index is 1.96. The zero-order valence-corrected chi connectivity index (χ0v) is 10.0. The Kier molecular flexibility index (Phi) is 4.28. The molecule has 0 saturated carbocycles. The van der Waals surface area contributed by atoms with Gasteiger partial charge in [-0.05, 0) is 17.7 Å². The average molecular weight is 272 g/mol. The van der Waals surface area contributed by atoms with Crippen LogP contribution in [0.4, 0.5) is 8.78 Å². The number of fused-ring (bicyclic) bond motifs is 1. The summed E-state index contributed by atoms with van der Waals surface area (Å²) in [6.45, 7) is -0.579. The Morgan fingerprint density at radius 3 is 2.74 bits per heavy atom. The number of alkyl halides is 2. The molecule has 5 nitrogen and oxygen atoms in total. The molecule has 1 aromatic heterocycles. The molecule has 19 heavy (non-hydrogen) atoms. The van der Waals surface area contributed by atoms with E-state index in [-0.39, 0.29) is 18.7 Å². The van der Waals surface area contributed by atoms with E-state index in [1.54, 1.807) is 18.2 Å². The highest BCUT2D eigenvalue weighted by atomic mass is 19.3. The number of aliphatic hydroxyl groups is 1. The van der Waals surface area contributed by atoms with Gasteiger partial charge in [0.2, 0.25) is 0 Å². The zero-order valence-electron chi connectivity index (χ0n) is 10.0. The number of H-pyrrole nitrogens is 2. The molecule has 0 aliphatic carbocycles. The van der Waals surface area contributed by atoms with E-state index in [1.165, 1.54) is 0 Å². The minimum Gasteiger partial charge on any atom is -0.388 e. The Hall–Kier alpha value is -1.73. The van der Waals surface area contributed by atoms with E-state index in [0.29, 0.717) is 16.6 Å². The normalized spacial score (nSPS) is 13.3. The molecule has 2 aromatic rings. The fourth-order valence-corrected chi connectivity index (χ4v) is 1.79. The third-order valence-electron chi connectivity index (χ3n) is 2.70. The van der Waals surface area contributed by atoms with Crippen LogP contribution < -0.4 is 5.69 Å². The lowest BCUT2D eigenvalue weighted by atomic mass is 10.1. The molecule has 3 N–H and O–H groups in total. The lowest BCUT2D eigenvalue weighted by Gasteiger charge is -2.11. The van der Waals surface area contributed by atoms with Gasteiger partial charge >= 0.3 is 5.69 Å². The number of imidazole rings is 1. The maximum atomic E-state index is 11.8. The van der Waals surface area contributed by atoms with Crippen LogP contribution in [0.25, 0.3) is 11.0 Å². The highest BCUT2D eigenvalue weighted by molar-refractivity contribution is 5.75. The van der Waals surface area contributed by atoms with E-state index in [1.807, 2.05) is 0 Å². The first-order valence-corrected chi connectivity index (χ1v) is 5.82. The Morgan fingerprint density at radius 1 is 1.26 bits per heavy atom. The molecule has 2 rings (SSSR count). The van der Waals surface area contributed by atoms with Crippen molar-refractivity contribution >= 4 is 11.0 Å². The summed E-state index contributed by atoms with van der Waals surface area (Å²) < 4.78 is 28.4. The summed E-state index contributed by atoms with van der Waals surface area (Å²) in [5.74, 6) is 0. The third kappa shape index (κ3) is 3.62. The van der Waals surface area contributed by atoms with E-state index >= 15 is 0 Å². The quantitative estimate of drug-likeness (QED) is 0.698. The lowest BCUT2D eigenvalue weighted by Crippen LogP contribution is -2.08. The van der Waals surface area contributed by atoms with E-state index in [0.717, 1.165) is 0 Å². The fourth-order valence-electron chi connectivity index (χ4n) is 1.79. The van der Waals surface area contributed by atoms with Crippen LogP contribution in [0.2, 0.25) is 0 Å². The average Bonchev–Trinajstić information content (AvgIpc) is 2.73. The SMILES string of the molecule is O=c1[nH]c2ccc(C(O)CCOCC(F)F)cc2[nH]1. The van der Waals surface area contributed by atoms with Crippen molar-refractivity contribution in [1.82, 2.24) is 9.97 Å². The number of hydrogen-bond donors (Lipinski definition) is 3. The second-order valence-corrected chi connectivity index (χ2v) is 4.15. The number of ether oxygens (including phenoxy) is 1. The van der Waals surface area contributed by atoms with Gasteiger partial charge in [-0.15, -0.1) is 0 Å². The van der Waals surface area contributed by atoms with Gasteiger partial charge in [0.05, 0.1) is 17.1 Å². The summed E-state index contributed by atoms with van der Waals surface area (Å²) in [4.78, 5) is 16.3. The number of nitrogens with one attached hydrogen (secondary N) is 2. The standard InChI is InChI=1S/C12H14F2N2O3/c13-11(14)6-19-4-3-10(17)7-1-2-8-9(5-7)16-12(18)15-8/h1-2,5,10-11,17H,3-4,6H2,(H2,15,16,18). The molecule has 104 valence electrons. The number of benzene rings is 1. The first kappa shape index (κ1) is 13.7. The second kappa shape index (κ2) is 5.94. The van der Waals surface area contributed by atoms with E-state index < -0.39 is 19.1 Å². The third-order valence-corrected chi connectivity index (χ3v) is 2.70. The molecular weight excluding hydrogens is 258 g/mol. The van der Waals surface area contributed by atoms with Gasteiger partial charge in [0.25, 0.3) is 6.43 Å². The first-order chi connectivity index (χ1) is 9.06. The van der Waals surface area contributed by atoms with E-state index in [2.05, 4.69) is 9.97 Å². The summed E-state index contributed by atoms with van der Waals surface area (Å²) in [5.41, 5.74) is 1.52. The van der Waals surface area contributed by atoms with Crippen LogP contribution in [0.1, 0.15) is 18.1 Å². The highest BCUT2D eigenvalue weighted by Crippen LogP contribution is 2.19. The molecule has 0 spiro atoms. The van der Waals surface area contributed by atoms with Crippen LogP contribution in [0.5, 0.6) is 0 Å².